The first-order valence-electron chi connectivity index (χ1n) is 12.3. The highest BCUT2D eigenvalue weighted by Crippen LogP contribution is 2.51. The summed E-state index contributed by atoms with van der Waals surface area (Å²) >= 11 is 0. The van der Waals surface area contributed by atoms with Crippen LogP contribution in [0.15, 0.2) is 36.4 Å². The third-order valence-electron chi connectivity index (χ3n) is 7.62. The zero-order valence-electron chi connectivity index (χ0n) is 20.8. The second-order valence-electron chi connectivity index (χ2n) is 10.3. The van der Waals surface area contributed by atoms with E-state index in [1.165, 1.54) is 6.07 Å². The molecule has 0 heterocycles. The fourth-order valence-corrected chi connectivity index (χ4v) is 5.73. The average Bonchev–Trinajstić information content (AvgIpc) is 2.81. The number of unbranched alkanes of at least 4 members (excludes halogenated alkanes) is 2. The molecule has 0 fully saturated rings. The molecule has 0 spiro atoms. The molecule has 5 N–H and O–H groups in total. The molecule has 0 aliphatic heterocycles. The number of carbonyl (C=O) groups is 2. The zero-order chi connectivity index (χ0) is 26.8. The molecule has 4 aromatic rings. The normalized spacial score (nSPS) is 14.1. The van der Waals surface area contributed by atoms with E-state index >= 15 is 0 Å². The van der Waals surface area contributed by atoms with E-state index in [9.17, 15) is 35.1 Å². The van der Waals surface area contributed by atoms with Crippen molar-refractivity contribution in [3.05, 3.63) is 69.8 Å². The Morgan fingerprint density at radius 3 is 2.24 bits per heavy atom. The molecule has 0 aromatic heterocycles. The Bertz CT molecular complexity index is 1650. The molecule has 4 aromatic carbocycles. The lowest BCUT2D eigenvalue weighted by molar-refractivity contribution is 0.0692. The number of ketones is 1. The van der Waals surface area contributed by atoms with Gasteiger partial charge >= 0.3 is 5.97 Å². The van der Waals surface area contributed by atoms with E-state index in [-0.39, 0.29) is 50.5 Å². The second kappa shape index (κ2) is 8.40. The van der Waals surface area contributed by atoms with E-state index < -0.39 is 17.2 Å². The maximum atomic E-state index is 13.5. The van der Waals surface area contributed by atoms with Crippen LogP contribution in [-0.4, -0.2) is 37.3 Å². The highest BCUT2D eigenvalue weighted by atomic mass is 16.4. The summed E-state index contributed by atoms with van der Waals surface area (Å²) in [7, 11) is 0. The van der Waals surface area contributed by atoms with Crippen molar-refractivity contribution in [1.29, 1.82) is 0 Å². The molecular formula is C30H28O7. The topological polar surface area (TPSA) is 135 Å². The fourth-order valence-electron chi connectivity index (χ4n) is 5.73. The van der Waals surface area contributed by atoms with E-state index in [0.29, 0.717) is 33.9 Å². The monoisotopic (exact) mass is 500 g/mol. The Morgan fingerprint density at radius 2 is 1.57 bits per heavy atom. The Balaban J connectivity index is 1.86. The van der Waals surface area contributed by atoms with Crippen LogP contribution in [0.4, 0.5) is 0 Å². The molecule has 37 heavy (non-hydrogen) atoms. The summed E-state index contributed by atoms with van der Waals surface area (Å²) in [5, 5.41) is 54.8. The summed E-state index contributed by atoms with van der Waals surface area (Å²) in [5.74, 6) is -3.08. The fraction of sp³-hybridized carbons (Fsp3) is 0.267. The molecule has 1 aliphatic rings. The van der Waals surface area contributed by atoms with E-state index in [1.807, 2.05) is 0 Å². The molecule has 0 saturated carbocycles. The van der Waals surface area contributed by atoms with Gasteiger partial charge in [0.15, 0.2) is 0 Å². The Hall–Kier alpha value is -4.26. The number of phenols is 4. The number of aromatic hydroxyl groups is 4. The number of aromatic carboxylic acids is 1. The lowest BCUT2D eigenvalue weighted by Gasteiger charge is -2.35. The van der Waals surface area contributed by atoms with Gasteiger partial charge in [0.2, 0.25) is 5.78 Å². The van der Waals surface area contributed by atoms with Crippen molar-refractivity contribution in [2.24, 2.45) is 0 Å². The molecule has 0 amide bonds. The summed E-state index contributed by atoms with van der Waals surface area (Å²) in [6.45, 7) is 5.67. The number of rotatable bonds is 5. The molecule has 0 atom stereocenters. The molecule has 7 nitrogen and oxygen atoms in total. The number of hydrogen-bond acceptors (Lipinski definition) is 6. The van der Waals surface area contributed by atoms with Gasteiger partial charge in [-0.25, -0.2) is 4.79 Å². The molecule has 1 aliphatic carbocycles. The molecule has 5 rings (SSSR count). The van der Waals surface area contributed by atoms with Crippen molar-refractivity contribution in [2.45, 2.75) is 51.9 Å². The number of aryl methyl sites for hydroxylation is 1. The number of carbonyl (C=O) groups excluding carboxylic acids is 1. The third kappa shape index (κ3) is 3.49. The van der Waals surface area contributed by atoms with Gasteiger partial charge in [0, 0.05) is 22.3 Å². The highest BCUT2D eigenvalue weighted by molar-refractivity contribution is 6.22. The second-order valence-corrected chi connectivity index (χ2v) is 10.3. The summed E-state index contributed by atoms with van der Waals surface area (Å²) in [5.41, 5.74) is 0.337. The Morgan fingerprint density at radius 1 is 0.865 bits per heavy atom. The van der Waals surface area contributed by atoms with Crippen molar-refractivity contribution < 1.29 is 35.1 Å². The van der Waals surface area contributed by atoms with Crippen molar-refractivity contribution in [3.63, 3.8) is 0 Å². The van der Waals surface area contributed by atoms with Crippen LogP contribution in [0.3, 0.4) is 0 Å². The number of hydrogen-bond donors (Lipinski definition) is 5. The number of phenolic OH excluding ortho intramolecular Hbond substituents is 3. The predicted molar refractivity (Wildman–Crippen MR) is 140 cm³/mol. The van der Waals surface area contributed by atoms with Gasteiger partial charge in [0.25, 0.3) is 0 Å². The van der Waals surface area contributed by atoms with Gasteiger partial charge < -0.3 is 25.5 Å². The number of carboxylic acid groups (broad SMARTS) is 1. The van der Waals surface area contributed by atoms with Gasteiger partial charge in [0.05, 0.1) is 11.1 Å². The van der Waals surface area contributed by atoms with Crippen LogP contribution in [0, 0.1) is 0 Å². The SMILES string of the molecule is CCCCCc1cc2ccc3c(O)c4c(cc3c2c(O)c1C(=O)O)C(C)(C)c1cc(O)cc(O)c1C4=O. The molecule has 0 unspecified atom stereocenters. The van der Waals surface area contributed by atoms with Gasteiger partial charge in [-0.2, -0.15) is 0 Å². The number of fused-ring (bicyclic) bond motifs is 5. The first kappa shape index (κ1) is 24.4. The van der Waals surface area contributed by atoms with Crippen LogP contribution < -0.4 is 0 Å². The first-order chi connectivity index (χ1) is 17.5. The van der Waals surface area contributed by atoms with Gasteiger partial charge in [-0.3, -0.25) is 4.79 Å². The van der Waals surface area contributed by atoms with Crippen molar-refractivity contribution in [1.82, 2.24) is 0 Å². The lowest BCUT2D eigenvalue weighted by Crippen LogP contribution is -2.30. The van der Waals surface area contributed by atoms with Crippen LogP contribution in [-0.2, 0) is 11.8 Å². The molecule has 7 heteroatoms. The summed E-state index contributed by atoms with van der Waals surface area (Å²) < 4.78 is 0. The molecule has 190 valence electrons. The van der Waals surface area contributed by atoms with Gasteiger partial charge in [0.1, 0.15) is 28.6 Å². The maximum Gasteiger partial charge on any atom is 0.339 e. The molecular weight excluding hydrogens is 472 g/mol. The first-order valence-corrected chi connectivity index (χ1v) is 12.3. The largest absolute Gasteiger partial charge is 0.508 e. The highest BCUT2D eigenvalue weighted by Gasteiger charge is 2.41. The van der Waals surface area contributed by atoms with Crippen LogP contribution >= 0.6 is 0 Å². The van der Waals surface area contributed by atoms with Crippen molar-refractivity contribution >= 4 is 33.3 Å². The van der Waals surface area contributed by atoms with E-state index in [2.05, 4.69) is 6.92 Å². The molecule has 0 bridgehead atoms. The summed E-state index contributed by atoms with van der Waals surface area (Å²) in [4.78, 5) is 25.7. The summed E-state index contributed by atoms with van der Waals surface area (Å²) in [6.07, 6.45) is 3.21. The number of carboxylic acids is 1. The Labute approximate surface area is 213 Å². The number of benzene rings is 4. The average molecular weight is 501 g/mol. The minimum Gasteiger partial charge on any atom is -0.508 e. The molecule has 0 radical (unpaired) electrons. The molecule has 0 saturated heterocycles. The predicted octanol–water partition coefficient (Wildman–Crippen LogP) is 6.12. The smallest absolute Gasteiger partial charge is 0.339 e. The standard InChI is InChI=1S/C30H28O7/c1-4-5-6-7-14-10-15-8-9-17-18(22(15)27(34)23(14)29(36)37)13-20-25(26(17)33)28(35)24-19(30(20,2)3)11-16(31)12-21(24)32/h8-13,31-34H,4-7H2,1-3H3,(H,36,37). The third-order valence-corrected chi connectivity index (χ3v) is 7.62. The van der Waals surface area contributed by atoms with Crippen LogP contribution in [0.1, 0.15) is 83.0 Å². The lowest BCUT2D eigenvalue weighted by atomic mass is 9.67. The van der Waals surface area contributed by atoms with Gasteiger partial charge in [-0.05, 0) is 64.6 Å². The quantitative estimate of drug-likeness (QED) is 0.165. The minimum absolute atomic E-state index is 0.0125. The van der Waals surface area contributed by atoms with Crippen LogP contribution in [0.2, 0.25) is 0 Å². The zero-order valence-corrected chi connectivity index (χ0v) is 20.8. The van der Waals surface area contributed by atoms with E-state index in [0.717, 1.165) is 25.3 Å². The van der Waals surface area contributed by atoms with Crippen LogP contribution in [0.25, 0.3) is 21.5 Å². The van der Waals surface area contributed by atoms with Crippen LogP contribution in [0.5, 0.6) is 23.0 Å². The maximum absolute atomic E-state index is 13.5. The van der Waals surface area contributed by atoms with E-state index in [1.54, 1.807) is 38.1 Å². The van der Waals surface area contributed by atoms with Gasteiger partial charge in [-0.15, -0.1) is 0 Å². The minimum atomic E-state index is -1.24. The van der Waals surface area contributed by atoms with Crippen molar-refractivity contribution in [2.75, 3.05) is 0 Å². The summed E-state index contributed by atoms with van der Waals surface area (Å²) in [6, 6.07) is 9.31. The van der Waals surface area contributed by atoms with Crippen molar-refractivity contribution in [3.8, 4) is 23.0 Å². The van der Waals surface area contributed by atoms with Gasteiger partial charge in [-0.1, -0.05) is 39.7 Å². The Kier molecular flexibility index (Phi) is 5.55. The van der Waals surface area contributed by atoms with E-state index in [4.69, 9.17) is 0 Å².